The summed E-state index contributed by atoms with van der Waals surface area (Å²) in [4.78, 5) is 14.5. The average molecular weight is 353 g/mol. The predicted molar refractivity (Wildman–Crippen MR) is 95.2 cm³/mol. The molecule has 1 fully saturated rings. The number of nitrogens with zero attached hydrogens (tertiary/aromatic N) is 2. The van der Waals surface area contributed by atoms with E-state index in [9.17, 15) is 13.2 Å². The van der Waals surface area contributed by atoms with E-state index in [1.54, 1.807) is 17.0 Å². The molecule has 5 nitrogen and oxygen atoms in total. The lowest BCUT2D eigenvalue weighted by molar-refractivity contribution is -0.132. The van der Waals surface area contributed by atoms with Gasteiger partial charge in [-0.15, -0.1) is 0 Å². The summed E-state index contributed by atoms with van der Waals surface area (Å²) in [5.41, 5.74) is 0.973. The third-order valence-electron chi connectivity index (χ3n) is 4.15. The molecule has 0 radical (unpaired) electrons. The molecule has 0 atom stereocenters. The van der Waals surface area contributed by atoms with Gasteiger partial charge in [0.1, 0.15) is 0 Å². The second kappa shape index (κ2) is 7.23. The van der Waals surface area contributed by atoms with Gasteiger partial charge < -0.3 is 4.90 Å². The van der Waals surface area contributed by atoms with Crippen molar-refractivity contribution in [3.8, 4) is 0 Å². The molecule has 1 aliphatic rings. The van der Waals surface area contributed by atoms with E-state index in [4.69, 9.17) is 0 Å². The minimum absolute atomic E-state index is 0.0585. The first-order valence-electron chi connectivity index (χ1n) is 8.44. The Morgan fingerprint density at radius 1 is 1.04 bits per heavy atom. The number of sulfonamides is 1. The van der Waals surface area contributed by atoms with Gasteiger partial charge in [0.2, 0.25) is 15.9 Å². The molecule has 24 heavy (non-hydrogen) atoms. The smallest absolute Gasteiger partial charge is 0.243 e. The van der Waals surface area contributed by atoms with Gasteiger partial charge in [0.15, 0.2) is 0 Å². The maximum Gasteiger partial charge on any atom is 0.243 e. The van der Waals surface area contributed by atoms with Crippen molar-refractivity contribution < 1.29 is 13.2 Å². The molecule has 1 aromatic carbocycles. The van der Waals surface area contributed by atoms with Crippen LogP contribution < -0.4 is 0 Å². The van der Waals surface area contributed by atoms with Crippen molar-refractivity contribution in [2.45, 2.75) is 45.4 Å². The summed E-state index contributed by atoms with van der Waals surface area (Å²) in [6.07, 6.45) is 1.15. The number of aryl methyl sites for hydroxylation is 1. The van der Waals surface area contributed by atoms with Gasteiger partial charge >= 0.3 is 0 Å². The highest BCUT2D eigenvalue weighted by molar-refractivity contribution is 7.89. The lowest BCUT2D eigenvalue weighted by Crippen LogP contribution is -2.38. The zero-order chi connectivity index (χ0) is 18.0. The average Bonchev–Trinajstić information content (AvgIpc) is 2.72. The van der Waals surface area contributed by atoms with E-state index in [-0.39, 0.29) is 11.3 Å². The number of amides is 1. The number of carbonyl (C=O) groups excluding carboxylic acids is 1. The fraction of sp³-hybridized carbons (Fsp3) is 0.611. The van der Waals surface area contributed by atoms with Crippen LogP contribution >= 0.6 is 0 Å². The Morgan fingerprint density at radius 3 is 2.25 bits per heavy atom. The van der Waals surface area contributed by atoms with Crippen LogP contribution in [-0.2, 0) is 14.8 Å². The highest BCUT2D eigenvalue weighted by Crippen LogP contribution is 2.22. The van der Waals surface area contributed by atoms with Crippen molar-refractivity contribution >= 4 is 15.9 Å². The van der Waals surface area contributed by atoms with E-state index in [1.807, 2.05) is 39.8 Å². The number of carbonyl (C=O) groups is 1. The highest BCUT2D eigenvalue weighted by Gasteiger charge is 2.29. The minimum atomic E-state index is -3.49. The largest absolute Gasteiger partial charge is 0.341 e. The van der Waals surface area contributed by atoms with Crippen LogP contribution in [-0.4, -0.2) is 49.7 Å². The Morgan fingerprint density at radius 2 is 1.67 bits per heavy atom. The van der Waals surface area contributed by atoms with E-state index in [1.165, 1.54) is 4.31 Å². The van der Waals surface area contributed by atoms with Crippen molar-refractivity contribution in [2.75, 3.05) is 26.2 Å². The molecule has 1 aliphatic heterocycles. The number of hydrogen-bond acceptors (Lipinski definition) is 3. The molecule has 0 saturated carbocycles. The first-order chi connectivity index (χ1) is 11.1. The van der Waals surface area contributed by atoms with Gasteiger partial charge in [-0.05, 0) is 30.9 Å². The topological polar surface area (TPSA) is 57.7 Å². The molecule has 1 amide bonds. The van der Waals surface area contributed by atoms with E-state index in [2.05, 4.69) is 0 Å². The van der Waals surface area contributed by atoms with Crippen LogP contribution in [0.1, 0.15) is 39.2 Å². The van der Waals surface area contributed by atoms with Crippen LogP contribution in [0.5, 0.6) is 0 Å². The molecule has 1 saturated heterocycles. The van der Waals surface area contributed by atoms with Gasteiger partial charge in [0, 0.05) is 32.6 Å². The summed E-state index contributed by atoms with van der Waals surface area (Å²) < 4.78 is 27.1. The lowest BCUT2D eigenvalue weighted by Gasteiger charge is -2.25. The van der Waals surface area contributed by atoms with Crippen LogP contribution in [0.3, 0.4) is 0 Å². The quantitative estimate of drug-likeness (QED) is 0.840. The Kier molecular flexibility index (Phi) is 5.71. The van der Waals surface area contributed by atoms with Crippen LogP contribution in [0.4, 0.5) is 0 Å². The number of rotatable bonds is 3. The summed E-state index contributed by atoms with van der Waals surface area (Å²) in [7, 11) is -3.49. The summed E-state index contributed by atoms with van der Waals surface area (Å²) in [5.74, 6) is 0.108. The fourth-order valence-electron chi connectivity index (χ4n) is 2.81. The van der Waals surface area contributed by atoms with E-state index in [0.717, 1.165) is 5.56 Å². The zero-order valence-corrected chi connectivity index (χ0v) is 15.9. The molecule has 0 aromatic heterocycles. The zero-order valence-electron chi connectivity index (χ0n) is 15.1. The number of benzene rings is 1. The molecule has 0 unspecified atom stereocenters. The highest BCUT2D eigenvalue weighted by atomic mass is 32.2. The van der Waals surface area contributed by atoms with Crippen molar-refractivity contribution in [2.24, 2.45) is 5.41 Å². The third kappa shape index (κ3) is 4.80. The molecular weight excluding hydrogens is 324 g/mol. The van der Waals surface area contributed by atoms with Crippen molar-refractivity contribution in [1.29, 1.82) is 0 Å². The summed E-state index contributed by atoms with van der Waals surface area (Å²) >= 11 is 0. The van der Waals surface area contributed by atoms with Crippen LogP contribution in [0, 0.1) is 12.3 Å². The molecule has 0 bridgehead atoms. The fourth-order valence-corrected chi connectivity index (χ4v) is 4.28. The Labute approximate surface area is 145 Å². The molecule has 0 spiro atoms. The molecule has 134 valence electrons. The van der Waals surface area contributed by atoms with Crippen LogP contribution in [0.15, 0.2) is 29.2 Å². The maximum atomic E-state index is 12.8. The normalized spacial score (nSPS) is 17.6. The van der Waals surface area contributed by atoms with E-state index in [0.29, 0.717) is 43.9 Å². The van der Waals surface area contributed by atoms with Gasteiger partial charge in [-0.1, -0.05) is 38.5 Å². The monoisotopic (exact) mass is 352 g/mol. The first kappa shape index (κ1) is 18.9. The summed E-state index contributed by atoms with van der Waals surface area (Å²) in [6, 6.07) is 6.92. The van der Waals surface area contributed by atoms with Crippen molar-refractivity contribution in [3.63, 3.8) is 0 Å². The summed E-state index contributed by atoms with van der Waals surface area (Å²) in [5, 5.41) is 0. The minimum Gasteiger partial charge on any atom is -0.341 e. The van der Waals surface area contributed by atoms with Gasteiger partial charge in [0.05, 0.1) is 4.90 Å². The Bertz CT molecular complexity index is 675. The second-order valence-corrected chi connectivity index (χ2v) is 9.63. The Balaban J connectivity index is 2.07. The SMILES string of the molecule is Cc1ccc(S(=O)(=O)N2CCCN(C(=O)CC(C)(C)C)CC2)cc1. The van der Waals surface area contributed by atoms with Crippen molar-refractivity contribution in [1.82, 2.24) is 9.21 Å². The van der Waals surface area contributed by atoms with E-state index < -0.39 is 10.0 Å². The van der Waals surface area contributed by atoms with Crippen LogP contribution in [0.25, 0.3) is 0 Å². The molecule has 6 heteroatoms. The van der Waals surface area contributed by atoms with Gasteiger partial charge in [0.25, 0.3) is 0 Å². The molecular formula is C18H28N2O3S. The second-order valence-electron chi connectivity index (χ2n) is 7.69. The first-order valence-corrected chi connectivity index (χ1v) is 9.88. The van der Waals surface area contributed by atoms with Gasteiger partial charge in [-0.3, -0.25) is 4.79 Å². The predicted octanol–water partition coefficient (Wildman–Crippen LogP) is 2.65. The van der Waals surface area contributed by atoms with Gasteiger partial charge in [-0.2, -0.15) is 4.31 Å². The van der Waals surface area contributed by atoms with Crippen molar-refractivity contribution in [3.05, 3.63) is 29.8 Å². The molecule has 2 rings (SSSR count). The number of hydrogen-bond donors (Lipinski definition) is 0. The van der Waals surface area contributed by atoms with E-state index >= 15 is 0 Å². The molecule has 1 heterocycles. The molecule has 0 aliphatic carbocycles. The molecule has 1 aromatic rings. The summed E-state index contributed by atoms with van der Waals surface area (Å²) in [6.45, 7) is 9.93. The molecule has 0 N–H and O–H groups in total. The third-order valence-corrected chi connectivity index (χ3v) is 6.06. The standard InChI is InChI=1S/C18H28N2O3S/c1-15-6-8-16(9-7-15)24(22,23)20-11-5-10-19(12-13-20)17(21)14-18(2,3)4/h6-9H,5,10-14H2,1-4H3. The Hall–Kier alpha value is -1.40. The van der Waals surface area contributed by atoms with Crippen LogP contribution in [0.2, 0.25) is 0 Å². The van der Waals surface area contributed by atoms with Gasteiger partial charge in [-0.25, -0.2) is 8.42 Å². The maximum absolute atomic E-state index is 12.8. The lowest BCUT2D eigenvalue weighted by atomic mass is 9.91.